The fourth-order valence-corrected chi connectivity index (χ4v) is 6.16. The summed E-state index contributed by atoms with van der Waals surface area (Å²) in [6.07, 6.45) is 3.01. The lowest BCUT2D eigenvalue weighted by Crippen LogP contribution is -1.86. The first-order valence-corrected chi connectivity index (χ1v) is 14.7. The second kappa shape index (κ2) is 10.2. The summed E-state index contributed by atoms with van der Waals surface area (Å²) >= 11 is 0. The molecule has 9 rings (SSSR count). The number of rotatable bonds is 4. The summed E-state index contributed by atoms with van der Waals surface area (Å²) in [6, 6.07) is 20.7. The average Bonchev–Trinajstić information content (AvgIpc) is 3.85. The molecule has 0 unspecified atom stereocenters. The second-order valence-electron chi connectivity index (χ2n) is 11.3. The Kier molecular flexibility index (Phi) is 5.80. The number of aromatic nitrogens is 8. The van der Waals surface area contributed by atoms with Gasteiger partial charge in [-0.2, -0.15) is 0 Å². The van der Waals surface area contributed by atoms with Crippen LogP contribution in [0.25, 0.3) is 89.7 Å². The number of carbonyl (C=O) groups excluding carboxylic acids is 4. The van der Waals surface area contributed by atoms with Crippen molar-refractivity contribution in [1.82, 2.24) is 39.9 Å². The number of hydrogen-bond donors (Lipinski definition) is 2. The van der Waals surface area contributed by atoms with Crippen LogP contribution in [0.4, 0.5) is 0 Å². The summed E-state index contributed by atoms with van der Waals surface area (Å²) < 4.78 is 0. The zero-order valence-electron chi connectivity index (χ0n) is 24.6. The lowest BCUT2D eigenvalue weighted by molar-refractivity contribution is 0.111. The molecule has 0 spiro atoms. The molecule has 4 aromatic carbocycles. The van der Waals surface area contributed by atoms with Gasteiger partial charge in [0.2, 0.25) is 0 Å². The zero-order valence-corrected chi connectivity index (χ0v) is 24.6. The van der Waals surface area contributed by atoms with Crippen LogP contribution in [0.5, 0.6) is 0 Å². The van der Waals surface area contributed by atoms with Gasteiger partial charge in [-0.15, -0.1) is 0 Å². The van der Waals surface area contributed by atoms with Gasteiger partial charge in [-0.05, 0) is 48.5 Å². The quantitative estimate of drug-likeness (QED) is 0.216. The molecule has 3 aromatic heterocycles. The van der Waals surface area contributed by atoms with Crippen molar-refractivity contribution in [3.8, 4) is 45.6 Å². The number of fused-ring (bicyclic) bond motifs is 20. The minimum absolute atomic E-state index is 0.309. The van der Waals surface area contributed by atoms with Gasteiger partial charge in [-0.3, -0.25) is 19.2 Å². The molecule has 7 aromatic rings. The molecule has 12 nitrogen and oxygen atoms in total. The molecule has 226 valence electrons. The predicted molar refractivity (Wildman–Crippen MR) is 178 cm³/mol. The molecule has 8 bridgehead atoms. The van der Waals surface area contributed by atoms with E-state index < -0.39 is 0 Å². The van der Waals surface area contributed by atoms with Gasteiger partial charge in [0.25, 0.3) is 0 Å². The highest BCUT2D eigenvalue weighted by Gasteiger charge is 2.23. The molecule has 0 saturated carbocycles. The second-order valence-corrected chi connectivity index (χ2v) is 11.3. The van der Waals surface area contributed by atoms with Crippen LogP contribution in [-0.4, -0.2) is 65.0 Å². The Labute approximate surface area is 268 Å². The number of carbonyl (C=O) groups is 4. The molecule has 2 aliphatic rings. The predicted octanol–water partition coefficient (Wildman–Crippen LogP) is 6.12. The number of benzene rings is 4. The largest absolute Gasteiger partial charge is 0.324 e. The Morgan fingerprint density at radius 2 is 0.688 bits per heavy atom. The standard InChI is InChI=1S/C36H18N8O4/c45-13-17-1-5-21-25(9-17)33-37-29(21)41-34-26-10-18(14-46)2-6-22(26)31(38-34)43-36-28-12-20(16-48)4-8-24(28)32(40-36)44-35-27-11-19(15-47)3-7-23(27)30(39-35)42-33/h1-16H,(H2,37,38,39,40,41,42,43,44). The van der Waals surface area contributed by atoms with E-state index in [-0.39, 0.29) is 0 Å². The van der Waals surface area contributed by atoms with E-state index in [1.165, 1.54) is 0 Å². The van der Waals surface area contributed by atoms with Crippen LogP contribution in [0.1, 0.15) is 41.4 Å². The Bertz CT molecular complexity index is 2590. The zero-order chi connectivity index (χ0) is 32.5. The van der Waals surface area contributed by atoms with E-state index in [0.717, 1.165) is 25.1 Å². The molecule has 5 heterocycles. The van der Waals surface area contributed by atoms with Crippen LogP contribution in [0.3, 0.4) is 0 Å². The number of hydrogen-bond acceptors (Lipinski definition) is 10. The van der Waals surface area contributed by atoms with E-state index in [4.69, 9.17) is 29.9 Å². The third-order valence-electron chi connectivity index (χ3n) is 8.47. The third-order valence-corrected chi connectivity index (χ3v) is 8.47. The maximum absolute atomic E-state index is 11.8. The topological polar surface area (TPSA) is 177 Å². The molecule has 2 N–H and O–H groups in total. The van der Waals surface area contributed by atoms with Crippen LogP contribution in [0.2, 0.25) is 0 Å². The minimum Gasteiger partial charge on any atom is -0.324 e. The molecule has 48 heavy (non-hydrogen) atoms. The highest BCUT2D eigenvalue weighted by atomic mass is 16.1. The van der Waals surface area contributed by atoms with Gasteiger partial charge in [-0.1, -0.05) is 24.3 Å². The first-order valence-electron chi connectivity index (χ1n) is 14.7. The molecule has 0 aliphatic carbocycles. The van der Waals surface area contributed by atoms with Crippen molar-refractivity contribution in [2.75, 3.05) is 0 Å². The van der Waals surface area contributed by atoms with Crippen molar-refractivity contribution in [3.05, 3.63) is 95.1 Å². The van der Waals surface area contributed by atoms with Crippen molar-refractivity contribution < 1.29 is 19.2 Å². The summed E-state index contributed by atoms with van der Waals surface area (Å²) in [5.74, 6) is 1.28. The maximum atomic E-state index is 11.8. The van der Waals surface area contributed by atoms with Gasteiger partial charge in [0.05, 0.1) is 0 Å². The van der Waals surface area contributed by atoms with E-state index in [1.54, 1.807) is 72.8 Å². The molecule has 0 fully saturated rings. The first-order chi connectivity index (χ1) is 23.5. The van der Waals surface area contributed by atoms with Crippen LogP contribution in [0, 0.1) is 0 Å². The molecule has 0 radical (unpaired) electrons. The summed E-state index contributed by atoms with van der Waals surface area (Å²) in [5, 5.41) is 2.60. The van der Waals surface area contributed by atoms with Crippen molar-refractivity contribution >= 4 is 69.3 Å². The molecular weight excluding hydrogens is 608 g/mol. The Balaban J connectivity index is 1.50. The van der Waals surface area contributed by atoms with Crippen LogP contribution in [0.15, 0.2) is 72.8 Å². The third kappa shape index (κ3) is 4.09. The van der Waals surface area contributed by atoms with E-state index in [2.05, 4.69) is 9.97 Å². The van der Waals surface area contributed by atoms with Gasteiger partial charge in [0.1, 0.15) is 47.7 Å². The Morgan fingerprint density at radius 3 is 1.08 bits per heavy atom. The minimum atomic E-state index is 0.309. The summed E-state index contributed by atoms with van der Waals surface area (Å²) in [7, 11) is 0. The lowest BCUT2D eigenvalue weighted by Gasteiger charge is -1.99. The van der Waals surface area contributed by atoms with E-state index in [9.17, 15) is 19.2 Å². The first kappa shape index (κ1) is 27.2. The lowest BCUT2D eigenvalue weighted by atomic mass is 10.1. The smallest absolute Gasteiger partial charge is 0.164 e. The fraction of sp³-hybridized carbons (Fsp3) is 0. The highest BCUT2D eigenvalue weighted by molar-refractivity contribution is 6.08. The summed E-state index contributed by atoms with van der Waals surface area (Å²) in [4.78, 5) is 82.9. The number of H-pyrrole nitrogens is 2. The van der Waals surface area contributed by atoms with Gasteiger partial charge >= 0.3 is 0 Å². The maximum Gasteiger partial charge on any atom is 0.164 e. The number of aromatic amines is 2. The highest BCUT2D eigenvalue weighted by Crippen LogP contribution is 2.37. The van der Waals surface area contributed by atoms with E-state index in [0.29, 0.717) is 112 Å². The van der Waals surface area contributed by atoms with Crippen molar-refractivity contribution in [2.45, 2.75) is 0 Å². The fourth-order valence-electron chi connectivity index (χ4n) is 6.16. The van der Waals surface area contributed by atoms with Crippen molar-refractivity contribution in [1.29, 1.82) is 0 Å². The number of nitrogens with one attached hydrogen (secondary N) is 2. The molecular formula is C36H18N8O4. The van der Waals surface area contributed by atoms with Gasteiger partial charge in [-0.25, -0.2) is 29.9 Å². The molecule has 0 saturated heterocycles. The Morgan fingerprint density at radius 1 is 0.354 bits per heavy atom. The van der Waals surface area contributed by atoms with Crippen molar-refractivity contribution in [3.63, 3.8) is 0 Å². The number of aldehydes is 4. The normalized spacial score (nSPS) is 11.7. The van der Waals surface area contributed by atoms with Gasteiger partial charge in [0, 0.05) is 66.1 Å². The Hall–Kier alpha value is -7.08. The molecule has 12 heteroatoms. The molecule has 2 aliphatic heterocycles. The monoisotopic (exact) mass is 626 g/mol. The summed E-state index contributed by atoms with van der Waals surface area (Å²) in [5.41, 5.74) is 5.90. The van der Waals surface area contributed by atoms with E-state index >= 15 is 0 Å². The van der Waals surface area contributed by atoms with Crippen LogP contribution < -0.4 is 0 Å². The SMILES string of the molecule is O=Cc1ccc2c(c1)-c1nc-2nc2[nH]c(nc3nc(nc4[nH]c(n1)c1ccc(C=O)cc41)-c1ccc(C=O)cc1-3)c1ccc(C=O)cc21. The van der Waals surface area contributed by atoms with E-state index in [1.807, 2.05) is 0 Å². The van der Waals surface area contributed by atoms with Gasteiger partial charge in [0.15, 0.2) is 23.3 Å². The number of nitrogens with zero attached hydrogens (tertiary/aromatic N) is 6. The van der Waals surface area contributed by atoms with Crippen LogP contribution in [-0.2, 0) is 0 Å². The van der Waals surface area contributed by atoms with Crippen LogP contribution >= 0.6 is 0 Å². The summed E-state index contributed by atoms with van der Waals surface area (Å²) in [6.45, 7) is 0. The molecule has 0 atom stereocenters. The van der Waals surface area contributed by atoms with Gasteiger partial charge < -0.3 is 9.97 Å². The van der Waals surface area contributed by atoms with Crippen molar-refractivity contribution in [2.24, 2.45) is 0 Å². The average molecular weight is 627 g/mol. The molecule has 0 amide bonds.